The van der Waals surface area contributed by atoms with Crippen LogP contribution in [0.25, 0.3) is 0 Å². The predicted molar refractivity (Wildman–Crippen MR) is 78.1 cm³/mol. The van der Waals surface area contributed by atoms with Gasteiger partial charge in [-0.3, -0.25) is 14.3 Å². The highest BCUT2D eigenvalue weighted by Gasteiger charge is 2.31. The van der Waals surface area contributed by atoms with Gasteiger partial charge in [-0.2, -0.15) is 5.10 Å². The highest BCUT2D eigenvalue weighted by molar-refractivity contribution is 5.99. The van der Waals surface area contributed by atoms with E-state index in [0.29, 0.717) is 23.5 Å². The van der Waals surface area contributed by atoms with Gasteiger partial charge in [0.1, 0.15) is 11.4 Å². The van der Waals surface area contributed by atoms with Crippen molar-refractivity contribution in [1.82, 2.24) is 9.78 Å². The number of aliphatic carboxylic acids is 1. The van der Waals surface area contributed by atoms with Crippen LogP contribution >= 0.6 is 0 Å². The van der Waals surface area contributed by atoms with E-state index in [1.165, 1.54) is 0 Å². The van der Waals surface area contributed by atoms with Crippen molar-refractivity contribution in [3.8, 4) is 0 Å². The second-order valence-electron chi connectivity index (χ2n) is 5.63. The number of aryl methyl sites for hydroxylation is 2. The summed E-state index contributed by atoms with van der Waals surface area (Å²) in [6.07, 6.45) is 4.34. The minimum atomic E-state index is -0.797. The molecule has 1 saturated carbocycles. The summed E-state index contributed by atoms with van der Waals surface area (Å²) in [4.78, 5) is 23.1. The zero-order chi connectivity index (χ0) is 15.6. The number of carbonyl (C=O) groups excluding carboxylic acids is 1. The van der Waals surface area contributed by atoms with E-state index in [1.54, 1.807) is 18.7 Å². The number of rotatable bonds is 4. The Labute approximate surface area is 123 Å². The lowest BCUT2D eigenvalue weighted by Gasteiger charge is -2.24. The monoisotopic (exact) mass is 294 g/mol. The zero-order valence-electron chi connectivity index (χ0n) is 12.4. The van der Waals surface area contributed by atoms with Crippen LogP contribution in [-0.2, 0) is 11.8 Å². The van der Waals surface area contributed by atoms with Gasteiger partial charge in [0.2, 0.25) is 0 Å². The molecule has 0 radical (unpaired) electrons. The van der Waals surface area contributed by atoms with Gasteiger partial charge in [-0.05, 0) is 19.8 Å². The van der Waals surface area contributed by atoms with Crippen molar-refractivity contribution >= 4 is 17.7 Å². The maximum Gasteiger partial charge on any atom is 0.308 e. The van der Waals surface area contributed by atoms with Crippen LogP contribution in [-0.4, -0.2) is 32.8 Å². The van der Waals surface area contributed by atoms with Gasteiger partial charge in [0, 0.05) is 13.1 Å². The molecule has 1 aromatic rings. The molecule has 1 amide bonds. The minimum Gasteiger partial charge on any atom is -0.481 e. The van der Waals surface area contributed by atoms with Gasteiger partial charge in [0.15, 0.2) is 0 Å². The highest BCUT2D eigenvalue weighted by atomic mass is 16.4. The average Bonchev–Trinajstić information content (AvgIpc) is 2.57. The number of nitrogens with two attached hydrogens (primary N) is 1. The Morgan fingerprint density at radius 2 is 2.00 bits per heavy atom. The predicted octanol–water partition coefficient (Wildman–Crippen LogP) is 1.27. The molecule has 1 fully saturated rings. The standard InChI is InChI=1S/C14H22N4O3/c1-8-11(12(15)19)13(18(2)17-8)16-10-7-5-3-4-6-9(10)14(20)21/h9-10,16H,3-7H2,1-2H3,(H2,15,19)(H,20,21). The summed E-state index contributed by atoms with van der Waals surface area (Å²) < 4.78 is 1.55. The van der Waals surface area contributed by atoms with E-state index in [2.05, 4.69) is 10.4 Å². The fraction of sp³-hybridized carbons (Fsp3) is 0.643. The molecule has 0 spiro atoms. The van der Waals surface area contributed by atoms with Gasteiger partial charge >= 0.3 is 5.97 Å². The third-order valence-corrected chi connectivity index (χ3v) is 4.12. The molecule has 2 unspecified atom stereocenters. The van der Waals surface area contributed by atoms with Gasteiger partial charge in [0.25, 0.3) is 5.91 Å². The second kappa shape index (κ2) is 6.15. The third-order valence-electron chi connectivity index (χ3n) is 4.12. The number of carbonyl (C=O) groups is 2. The second-order valence-corrected chi connectivity index (χ2v) is 5.63. The summed E-state index contributed by atoms with van der Waals surface area (Å²) in [7, 11) is 1.72. The molecule has 7 nitrogen and oxygen atoms in total. The van der Waals surface area contributed by atoms with Gasteiger partial charge in [-0.15, -0.1) is 0 Å². The van der Waals surface area contributed by atoms with E-state index < -0.39 is 17.8 Å². The first kappa shape index (κ1) is 15.3. The zero-order valence-corrected chi connectivity index (χ0v) is 12.4. The van der Waals surface area contributed by atoms with Crippen molar-refractivity contribution in [2.75, 3.05) is 5.32 Å². The van der Waals surface area contributed by atoms with Gasteiger partial charge in [0.05, 0.1) is 11.6 Å². The molecule has 1 aliphatic rings. The Hall–Kier alpha value is -2.05. The first-order chi connectivity index (χ1) is 9.91. The normalized spacial score (nSPS) is 22.6. The summed E-state index contributed by atoms with van der Waals surface area (Å²) in [5.41, 5.74) is 6.30. The molecule has 0 saturated heterocycles. The molecule has 1 aliphatic carbocycles. The van der Waals surface area contributed by atoms with E-state index in [0.717, 1.165) is 25.7 Å². The third kappa shape index (κ3) is 3.17. The van der Waals surface area contributed by atoms with E-state index in [-0.39, 0.29) is 6.04 Å². The van der Waals surface area contributed by atoms with Gasteiger partial charge < -0.3 is 16.2 Å². The molecule has 2 rings (SSSR count). The van der Waals surface area contributed by atoms with Gasteiger partial charge in [-0.25, -0.2) is 0 Å². The number of nitrogens with zero attached hydrogens (tertiary/aromatic N) is 2. The molecule has 7 heteroatoms. The van der Waals surface area contributed by atoms with Gasteiger partial charge in [-0.1, -0.05) is 19.3 Å². The summed E-state index contributed by atoms with van der Waals surface area (Å²) in [5.74, 6) is -1.29. The Morgan fingerprint density at radius 1 is 1.33 bits per heavy atom. The van der Waals surface area contributed by atoms with E-state index in [1.807, 2.05) is 0 Å². The fourth-order valence-corrected chi connectivity index (χ4v) is 3.07. The van der Waals surface area contributed by atoms with Crippen molar-refractivity contribution in [3.63, 3.8) is 0 Å². The lowest BCUT2D eigenvalue weighted by Crippen LogP contribution is -2.35. The number of aromatic nitrogens is 2. The number of hydrogen-bond acceptors (Lipinski definition) is 4. The molecule has 0 aromatic carbocycles. The van der Waals surface area contributed by atoms with Crippen molar-refractivity contribution in [3.05, 3.63) is 11.3 Å². The van der Waals surface area contributed by atoms with Crippen LogP contribution in [0.5, 0.6) is 0 Å². The van der Waals surface area contributed by atoms with Crippen LogP contribution in [0, 0.1) is 12.8 Å². The number of carboxylic acid groups (broad SMARTS) is 1. The van der Waals surface area contributed by atoms with Crippen LogP contribution in [0.4, 0.5) is 5.82 Å². The number of anilines is 1. The molecular formula is C14H22N4O3. The molecule has 1 heterocycles. The first-order valence-corrected chi connectivity index (χ1v) is 7.24. The van der Waals surface area contributed by atoms with Crippen LogP contribution in [0.15, 0.2) is 0 Å². The molecule has 116 valence electrons. The Bertz CT molecular complexity index is 553. The summed E-state index contributed by atoms with van der Waals surface area (Å²) in [6.45, 7) is 1.72. The average molecular weight is 294 g/mol. The summed E-state index contributed by atoms with van der Waals surface area (Å²) >= 11 is 0. The van der Waals surface area contributed by atoms with Crippen molar-refractivity contribution in [1.29, 1.82) is 0 Å². The van der Waals surface area contributed by atoms with Crippen molar-refractivity contribution in [2.24, 2.45) is 18.7 Å². The fourth-order valence-electron chi connectivity index (χ4n) is 3.07. The number of hydrogen-bond donors (Lipinski definition) is 3. The smallest absolute Gasteiger partial charge is 0.308 e. The summed E-state index contributed by atoms with van der Waals surface area (Å²) in [6, 6.07) is -0.210. The number of amides is 1. The molecule has 4 N–H and O–H groups in total. The SMILES string of the molecule is Cc1nn(C)c(NC2CCCCCC2C(=O)O)c1C(N)=O. The molecular weight excluding hydrogens is 272 g/mol. The van der Waals surface area contributed by atoms with Crippen molar-refractivity contribution in [2.45, 2.75) is 45.1 Å². The van der Waals surface area contributed by atoms with E-state index in [4.69, 9.17) is 5.73 Å². The number of nitrogens with one attached hydrogen (secondary N) is 1. The Kier molecular flexibility index (Phi) is 4.50. The maximum atomic E-state index is 11.6. The van der Waals surface area contributed by atoms with Crippen LogP contribution in [0.3, 0.4) is 0 Å². The molecule has 0 aliphatic heterocycles. The van der Waals surface area contributed by atoms with E-state index >= 15 is 0 Å². The summed E-state index contributed by atoms with van der Waals surface area (Å²) in [5, 5.41) is 16.8. The topological polar surface area (TPSA) is 110 Å². The number of carboxylic acids is 1. The van der Waals surface area contributed by atoms with Crippen LogP contribution in [0.1, 0.15) is 48.2 Å². The van der Waals surface area contributed by atoms with Crippen LogP contribution < -0.4 is 11.1 Å². The molecule has 0 bridgehead atoms. The highest BCUT2D eigenvalue weighted by Crippen LogP contribution is 2.28. The minimum absolute atomic E-state index is 0.210. The van der Waals surface area contributed by atoms with Crippen LogP contribution in [0.2, 0.25) is 0 Å². The molecule has 2 atom stereocenters. The maximum absolute atomic E-state index is 11.6. The Morgan fingerprint density at radius 3 is 2.62 bits per heavy atom. The first-order valence-electron chi connectivity index (χ1n) is 7.24. The Balaban J connectivity index is 2.30. The lowest BCUT2D eigenvalue weighted by molar-refractivity contribution is -0.142. The van der Waals surface area contributed by atoms with E-state index in [9.17, 15) is 14.7 Å². The van der Waals surface area contributed by atoms with Crippen molar-refractivity contribution < 1.29 is 14.7 Å². The molecule has 1 aromatic heterocycles. The molecule has 21 heavy (non-hydrogen) atoms. The largest absolute Gasteiger partial charge is 0.481 e. The number of primary amides is 1. The quantitative estimate of drug-likeness (QED) is 0.724. The lowest BCUT2D eigenvalue weighted by atomic mass is 9.94.